The molecule has 0 aliphatic carbocycles. The van der Waals surface area contributed by atoms with Gasteiger partial charge in [0.05, 0.1) is 17.9 Å². The van der Waals surface area contributed by atoms with Crippen LogP contribution in [0.5, 0.6) is 0 Å². The number of hydrogen-bond donors (Lipinski definition) is 1. The number of benzene rings is 1. The molecule has 0 saturated carbocycles. The summed E-state index contributed by atoms with van der Waals surface area (Å²) in [6.07, 6.45) is 0. The number of anilines is 1. The Labute approximate surface area is 112 Å². The molecule has 19 heavy (non-hydrogen) atoms. The number of amides is 1. The van der Waals surface area contributed by atoms with Crippen molar-refractivity contribution in [2.24, 2.45) is 0 Å². The molecule has 0 saturated heterocycles. The number of ether oxygens (including phenoxy) is 2. The number of carbonyl (C=O) groups excluding carboxylic acids is 2. The molecule has 0 bridgehead atoms. The standard InChI is InChI=1S/C14H19NO4/c1-5-19-12(16)10-8-6-7-9-11(10)15-13(17)14(2,3)18-4/h6-9H,5H2,1-4H3,(H,15,17). The summed E-state index contributed by atoms with van der Waals surface area (Å²) < 4.78 is 10.0. The predicted molar refractivity (Wildman–Crippen MR) is 72.1 cm³/mol. The Morgan fingerprint density at radius 2 is 1.89 bits per heavy atom. The predicted octanol–water partition coefficient (Wildman–Crippen LogP) is 2.23. The van der Waals surface area contributed by atoms with E-state index < -0.39 is 11.6 Å². The number of nitrogens with one attached hydrogen (secondary N) is 1. The quantitative estimate of drug-likeness (QED) is 0.829. The maximum absolute atomic E-state index is 12.0. The number of para-hydroxylation sites is 1. The minimum atomic E-state index is -0.970. The first kappa shape index (κ1) is 15.2. The van der Waals surface area contributed by atoms with Crippen molar-refractivity contribution < 1.29 is 19.1 Å². The van der Waals surface area contributed by atoms with Crippen molar-refractivity contribution in [1.82, 2.24) is 0 Å². The van der Waals surface area contributed by atoms with E-state index in [2.05, 4.69) is 5.32 Å². The van der Waals surface area contributed by atoms with Gasteiger partial charge in [-0.15, -0.1) is 0 Å². The van der Waals surface area contributed by atoms with E-state index in [4.69, 9.17) is 9.47 Å². The van der Waals surface area contributed by atoms with Crippen LogP contribution in [-0.4, -0.2) is 31.2 Å². The summed E-state index contributed by atoms with van der Waals surface area (Å²) in [5, 5.41) is 2.68. The normalized spacial score (nSPS) is 10.9. The Hall–Kier alpha value is -1.88. The highest BCUT2D eigenvalue weighted by Crippen LogP contribution is 2.19. The molecule has 0 aromatic heterocycles. The molecule has 0 aliphatic rings. The van der Waals surface area contributed by atoms with Crippen LogP contribution in [0.2, 0.25) is 0 Å². The highest BCUT2D eigenvalue weighted by Gasteiger charge is 2.28. The summed E-state index contributed by atoms with van der Waals surface area (Å²) in [7, 11) is 1.46. The van der Waals surface area contributed by atoms with Crippen molar-refractivity contribution in [2.45, 2.75) is 26.4 Å². The van der Waals surface area contributed by atoms with Crippen molar-refractivity contribution >= 4 is 17.6 Å². The van der Waals surface area contributed by atoms with E-state index in [1.807, 2.05) is 0 Å². The van der Waals surface area contributed by atoms with Gasteiger partial charge in [0.2, 0.25) is 0 Å². The first-order valence-electron chi connectivity index (χ1n) is 6.05. The van der Waals surface area contributed by atoms with Gasteiger partial charge in [0.25, 0.3) is 5.91 Å². The molecule has 0 atom stereocenters. The van der Waals surface area contributed by atoms with Crippen LogP contribution in [0.15, 0.2) is 24.3 Å². The van der Waals surface area contributed by atoms with Gasteiger partial charge in [0.1, 0.15) is 5.60 Å². The average molecular weight is 265 g/mol. The van der Waals surface area contributed by atoms with Crippen LogP contribution in [-0.2, 0) is 14.3 Å². The molecule has 0 radical (unpaired) electrons. The van der Waals surface area contributed by atoms with E-state index in [1.54, 1.807) is 45.0 Å². The topological polar surface area (TPSA) is 64.6 Å². The minimum absolute atomic E-state index is 0.282. The van der Waals surface area contributed by atoms with Gasteiger partial charge in [0, 0.05) is 7.11 Å². The number of esters is 1. The molecular formula is C14H19NO4. The van der Waals surface area contributed by atoms with Crippen molar-refractivity contribution in [3.63, 3.8) is 0 Å². The van der Waals surface area contributed by atoms with Gasteiger partial charge in [-0.05, 0) is 32.9 Å². The largest absolute Gasteiger partial charge is 0.462 e. The van der Waals surface area contributed by atoms with E-state index in [-0.39, 0.29) is 12.5 Å². The van der Waals surface area contributed by atoms with E-state index in [0.29, 0.717) is 11.3 Å². The van der Waals surface area contributed by atoms with Gasteiger partial charge in [0.15, 0.2) is 0 Å². The molecule has 0 heterocycles. The fourth-order valence-electron chi connectivity index (χ4n) is 1.34. The maximum Gasteiger partial charge on any atom is 0.340 e. The lowest BCUT2D eigenvalue weighted by Crippen LogP contribution is -2.39. The Balaban J connectivity index is 2.96. The highest BCUT2D eigenvalue weighted by atomic mass is 16.5. The van der Waals surface area contributed by atoms with E-state index in [1.165, 1.54) is 7.11 Å². The zero-order valence-corrected chi connectivity index (χ0v) is 11.6. The SMILES string of the molecule is CCOC(=O)c1ccccc1NC(=O)C(C)(C)OC. The van der Waals surface area contributed by atoms with Gasteiger partial charge in [-0.3, -0.25) is 4.79 Å². The van der Waals surface area contributed by atoms with Crippen LogP contribution in [0.4, 0.5) is 5.69 Å². The molecule has 1 amide bonds. The van der Waals surface area contributed by atoms with E-state index in [0.717, 1.165) is 0 Å². The van der Waals surface area contributed by atoms with Gasteiger partial charge in [-0.2, -0.15) is 0 Å². The van der Waals surface area contributed by atoms with E-state index >= 15 is 0 Å². The van der Waals surface area contributed by atoms with Crippen molar-refractivity contribution in [2.75, 3.05) is 19.0 Å². The monoisotopic (exact) mass is 265 g/mol. The molecular weight excluding hydrogens is 246 g/mol. The van der Waals surface area contributed by atoms with E-state index in [9.17, 15) is 9.59 Å². The second-order valence-electron chi connectivity index (χ2n) is 4.43. The maximum atomic E-state index is 12.0. The molecule has 5 nitrogen and oxygen atoms in total. The number of hydrogen-bond acceptors (Lipinski definition) is 4. The fraction of sp³-hybridized carbons (Fsp3) is 0.429. The minimum Gasteiger partial charge on any atom is -0.462 e. The first-order chi connectivity index (χ1) is 8.92. The van der Waals surface area contributed by atoms with Gasteiger partial charge >= 0.3 is 5.97 Å². The average Bonchev–Trinajstić information content (AvgIpc) is 2.39. The van der Waals surface area contributed by atoms with Crippen molar-refractivity contribution in [1.29, 1.82) is 0 Å². The molecule has 1 N–H and O–H groups in total. The highest BCUT2D eigenvalue weighted by molar-refractivity contribution is 6.03. The van der Waals surface area contributed by atoms with Gasteiger partial charge < -0.3 is 14.8 Å². The third-order valence-electron chi connectivity index (χ3n) is 2.73. The summed E-state index contributed by atoms with van der Waals surface area (Å²) in [6, 6.07) is 6.70. The third-order valence-corrected chi connectivity index (χ3v) is 2.73. The zero-order chi connectivity index (χ0) is 14.5. The molecule has 0 aliphatic heterocycles. The summed E-state index contributed by atoms with van der Waals surface area (Å²) in [4.78, 5) is 23.8. The molecule has 0 unspecified atom stereocenters. The number of rotatable bonds is 5. The second-order valence-corrected chi connectivity index (χ2v) is 4.43. The molecule has 0 spiro atoms. The lowest BCUT2D eigenvalue weighted by molar-refractivity contribution is -0.133. The van der Waals surface area contributed by atoms with Gasteiger partial charge in [-0.1, -0.05) is 12.1 Å². The van der Waals surface area contributed by atoms with Crippen molar-refractivity contribution in [3.05, 3.63) is 29.8 Å². The fourth-order valence-corrected chi connectivity index (χ4v) is 1.34. The van der Waals surface area contributed by atoms with Gasteiger partial charge in [-0.25, -0.2) is 4.79 Å². The summed E-state index contributed by atoms with van der Waals surface area (Å²) in [6.45, 7) is 5.31. The Bertz CT molecular complexity index is 468. The molecule has 0 fully saturated rings. The van der Waals surface area contributed by atoms with Crippen LogP contribution in [0.1, 0.15) is 31.1 Å². The lowest BCUT2D eigenvalue weighted by Gasteiger charge is -2.22. The molecule has 5 heteroatoms. The van der Waals surface area contributed by atoms with Crippen LogP contribution in [0.3, 0.4) is 0 Å². The Morgan fingerprint density at radius 1 is 1.26 bits per heavy atom. The second kappa shape index (κ2) is 6.33. The zero-order valence-electron chi connectivity index (χ0n) is 11.6. The summed E-state index contributed by atoms with van der Waals surface area (Å²) in [5.41, 5.74) is -0.234. The number of methoxy groups -OCH3 is 1. The summed E-state index contributed by atoms with van der Waals surface area (Å²) >= 11 is 0. The van der Waals surface area contributed by atoms with Crippen LogP contribution in [0.25, 0.3) is 0 Å². The first-order valence-corrected chi connectivity index (χ1v) is 6.05. The molecule has 1 rings (SSSR count). The van der Waals surface area contributed by atoms with Crippen LogP contribution < -0.4 is 5.32 Å². The number of carbonyl (C=O) groups is 2. The molecule has 1 aromatic carbocycles. The third kappa shape index (κ3) is 3.79. The lowest BCUT2D eigenvalue weighted by atomic mass is 10.1. The van der Waals surface area contributed by atoms with Crippen molar-refractivity contribution in [3.8, 4) is 0 Å². The smallest absolute Gasteiger partial charge is 0.340 e. The van der Waals surface area contributed by atoms with Crippen LogP contribution >= 0.6 is 0 Å². The van der Waals surface area contributed by atoms with Crippen LogP contribution in [0, 0.1) is 0 Å². The Kier molecular flexibility index (Phi) is 5.06. The summed E-state index contributed by atoms with van der Waals surface area (Å²) in [5.74, 6) is -0.791. The molecule has 104 valence electrons. The molecule has 1 aromatic rings. The Morgan fingerprint density at radius 3 is 2.47 bits per heavy atom.